The van der Waals surface area contributed by atoms with E-state index in [1.165, 1.54) is 37.7 Å². The van der Waals surface area contributed by atoms with Crippen molar-refractivity contribution in [2.75, 3.05) is 18.1 Å². The molecule has 0 N–H and O–H groups in total. The van der Waals surface area contributed by atoms with Gasteiger partial charge in [-0.25, -0.2) is 9.40 Å². The van der Waals surface area contributed by atoms with Crippen LogP contribution in [0.2, 0.25) is 0 Å². The Balaban J connectivity index is 2.43. The Morgan fingerprint density at radius 1 is 1.19 bits per heavy atom. The van der Waals surface area contributed by atoms with E-state index in [0.29, 0.717) is 5.69 Å². The van der Waals surface area contributed by atoms with Gasteiger partial charge >= 0.3 is 0 Å². The van der Waals surface area contributed by atoms with Gasteiger partial charge in [-0.15, -0.1) is 0 Å². The van der Waals surface area contributed by atoms with Gasteiger partial charge < -0.3 is 4.90 Å². The number of benzene rings is 1. The van der Waals surface area contributed by atoms with Gasteiger partial charge in [0.2, 0.25) is 0 Å². The molecule has 1 saturated heterocycles. The molecule has 0 atom stereocenters. The van der Waals surface area contributed by atoms with Crippen LogP contribution in [0.3, 0.4) is 0 Å². The van der Waals surface area contributed by atoms with Crippen LogP contribution in [-0.2, 0) is 6.42 Å². The SMILES string of the molecule is C=NN(/C(=C(\C)CCCCC)N1CCCCC1)c1cc(CC)ccc1F. The molecule has 144 valence electrons. The second kappa shape index (κ2) is 10.3. The smallest absolute Gasteiger partial charge is 0.148 e. The summed E-state index contributed by atoms with van der Waals surface area (Å²) in [5, 5.41) is 6.00. The monoisotopic (exact) mass is 359 g/mol. The van der Waals surface area contributed by atoms with Gasteiger partial charge in [0.25, 0.3) is 0 Å². The summed E-state index contributed by atoms with van der Waals surface area (Å²) in [5.74, 6) is 0.786. The highest BCUT2D eigenvalue weighted by Crippen LogP contribution is 2.31. The highest BCUT2D eigenvalue weighted by molar-refractivity contribution is 5.56. The summed E-state index contributed by atoms with van der Waals surface area (Å²) in [6.07, 6.45) is 9.07. The van der Waals surface area contributed by atoms with E-state index in [9.17, 15) is 4.39 Å². The number of unbranched alkanes of at least 4 members (excludes halogenated alkanes) is 2. The molecule has 0 amide bonds. The summed E-state index contributed by atoms with van der Waals surface area (Å²) in [5.41, 5.74) is 2.89. The van der Waals surface area contributed by atoms with Gasteiger partial charge in [-0.05, 0) is 68.7 Å². The zero-order chi connectivity index (χ0) is 18.9. The fourth-order valence-electron chi connectivity index (χ4n) is 3.64. The van der Waals surface area contributed by atoms with Crippen molar-refractivity contribution >= 4 is 12.4 Å². The quantitative estimate of drug-likeness (QED) is 0.301. The van der Waals surface area contributed by atoms with Crippen molar-refractivity contribution in [2.24, 2.45) is 5.10 Å². The van der Waals surface area contributed by atoms with E-state index >= 15 is 0 Å². The van der Waals surface area contributed by atoms with Gasteiger partial charge in [0, 0.05) is 19.8 Å². The second-order valence-electron chi connectivity index (χ2n) is 7.20. The minimum atomic E-state index is -0.245. The molecule has 4 heteroatoms. The molecule has 1 aromatic rings. The van der Waals surface area contributed by atoms with Crippen molar-refractivity contribution in [3.8, 4) is 0 Å². The highest BCUT2D eigenvalue weighted by Gasteiger charge is 2.24. The first-order valence-electron chi connectivity index (χ1n) is 10.1. The first-order chi connectivity index (χ1) is 12.6. The van der Waals surface area contributed by atoms with Crippen LogP contribution >= 0.6 is 0 Å². The number of likely N-dealkylation sites (tertiary alicyclic amines) is 1. The number of hydrogen-bond acceptors (Lipinski definition) is 3. The van der Waals surface area contributed by atoms with Crippen LogP contribution in [0.25, 0.3) is 0 Å². The Labute approximate surface area is 158 Å². The number of hydrogen-bond donors (Lipinski definition) is 0. The van der Waals surface area contributed by atoms with Crippen molar-refractivity contribution in [3.05, 3.63) is 41.0 Å². The van der Waals surface area contributed by atoms with Crippen LogP contribution in [0.1, 0.15) is 71.3 Å². The summed E-state index contributed by atoms with van der Waals surface area (Å²) < 4.78 is 14.7. The summed E-state index contributed by atoms with van der Waals surface area (Å²) in [7, 11) is 0. The molecule has 1 aliphatic heterocycles. The number of anilines is 1. The number of halogens is 1. The Hall–Kier alpha value is -1.84. The Bertz CT molecular complexity index is 618. The standard InChI is InChI=1S/C22H34FN3/c1-5-7-9-12-18(3)22(25-15-10-8-11-16-25)26(24-4)21-17-19(6-2)13-14-20(21)23/h13-14,17H,4-12,15-16H2,1-3H3/b22-18+. The number of piperidine rings is 1. The van der Waals surface area contributed by atoms with Crippen LogP contribution in [0, 0.1) is 5.82 Å². The molecule has 1 aromatic carbocycles. The van der Waals surface area contributed by atoms with E-state index in [-0.39, 0.29) is 5.82 Å². The molecule has 0 radical (unpaired) electrons. The molecule has 2 rings (SSSR count). The largest absolute Gasteiger partial charge is 0.357 e. The van der Waals surface area contributed by atoms with Crippen molar-refractivity contribution in [2.45, 2.75) is 72.1 Å². The molecule has 1 aliphatic rings. The van der Waals surface area contributed by atoms with E-state index in [4.69, 9.17) is 0 Å². The summed E-state index contributed by atoms with van der Waals surface area (Å²) in [6, 6.07) is 5.30. The third kappa shape index (κ3) is 5.09. The average Bonchev–Trinajstić information content (AvgIpc) is 2.67. The lowest BCUT2D eigenvalue weighted by atomic mass is 10.1. The normalized spacial score (nSPS) is 15.6. The van der Waals surface area contributed by atoms with E-state index in [1.54, 1.807) is 11.1 Å². The molecule has 3 nitrogen and oxygen atoms in total. The van der Waals surface area contributed by atoms with Crippen LogP contribution in [0.15, 0.2) is 34.7 Å². The van der Waals surface area contributed by atoms with Gasteiger partial charge in [-0.1, -0.05) is 32.8 Å². The molecule has 0 spiro atoms. The molecular formula is C22H34FN3. The summed E-state index contributed by atoms with van der Waals surface area (Å²) in [6.45, 7) is 12.2. The second-order valence-corrected chi connectivity index (χ2v) is 7.20. The molecule has 0 aromatic heterocycles. The van der Waals surface area contributed by atoms with Crippen LogP contribution < -0.4 is 5.01 Å². The highest BCUT2D eigenvalue weighted by atomic mass is 19.1. The predicted octanol–water partition coefficient (Wildman–Crippen LogP) is 6.11. The maximum atomic E-state index is 14.7. The fraction of sp³-hybridized carbons (Fsp3) is 0.591. The van der Waals surface area contributed by atoms with Gasteiger partial charge in [0.1, 0.15) is 17.3 Å². The molecule has 1 heterocycles. The third-order valence-corrected chi connectivity index (χ3v) is 5.18. The molecule has 0 unspecified atom stereocenters. The van der Waals surface area contributed by atoms with Gasteiger partial charge in [-0.2, -0.15) is 5.10 Å². The Morgan fingerprint density at radius 3 is 2.54 bits per heavy atom. The van der Waals surface area contributed by atoms with Crippen molar-refractivity contribution < 1.29 is 4.39 Å². The average molecular weight is 360 g/mol. The van der Waals surface area contributed by atoms with Gasteiger partial charge in [0.15, 0.2) is 0 Å². The number of allylic oxidation sites excluding steroid dienone is 1. The first-order valence-corrected chi connectivity index (χ1v) is 10.1. The molecular weight excluding hydrogens is 325 g/mol. The van der Waals surface area contributed by atoms with Gasteiger partial charge in [-0.3, -0.25) is 0 Å². The van der Waals surface area contributed by atoms with Gasteiger partial charge in [0.05, 0.1) is 0 Å². The molecule has 1 fully saturated rings. The Kier molecular flexibility index (Phi) is 8.14. The zero-order valence-corrected chi connectivity index (χ0v) is 16.7. The predicted molar refractivity (Wildman–Crippen MR) is 110 cm³/mol. The van der Waals surface area contributed by atoms with E-state index in [2.05, 4.69) is 37.5 Å². The minimum absolute atomic E-state index is 0.245. The van der Waals surface area contributed by atoms with Crippen LogP contribution in [0.5, 0.6) is 0 Å². The number of hydrazone groups is 1. The summed E-state index contributed by atoms with van der Waals surface area (Å²) in [4.78, 5) is 2.37. The number of aryl methyl sites for hydroxylation is 1. The maximum Gasteiger partial charge on any atom is 0.148 e. The lowest BCUT2D eigenvalue weighted by molar-refractivity contribution is 0.274. The first kappa shape index (κ1) is 20.5. The van der Waals surface area contributed by atoms with Crippen LogP contribution in [-0.4, -0.2) is 24.7 Å². The van der Waals surface area contributed by atoms with Crippen LogP contribution in [0.4, 0.5) is 10.1 Å². The lowest BCUT2D eigenvalue weighted by Gasteiger charge is -2.37. The summed E-state index contributed by atoms with van der Waals surface area (Å²) >= 11 is 0. The number of rotatable bonds is 9. The van der Waals surface area contributed by atoms with E-state index in [1.807, 2.05) is 12.1 Å². The van der Waals surface area contributed by atoms with Crippen molar-refractivity contribution in [1.82, 2.24) is 4.90 Å². The maximum absolute atomic E-state index is 14.7. The molecule has 26 heavy (non-hydrogen) atoms. The molecule has 0 saturated carbocycles. The third-order valence-electron chi connectivity index (χ3n) is 5.18. The lowest BCUT2D eigenvalue weighted by Crippen LogP contribution is -2.37. The Morgan fingerprint density at radius 2 is 1.92 bits per heavy atom. The van der Waals surface area contributed by atoms with Crippen molar-refractivity contribution in [3.63, 3.8) is 0 Å². The van der Waals surface area contributed by atoms with E-state index in [0.717, 1.165) is 43.7 Å². The van der Waals surface area contributed by atoms with Crippen molar-refractivity contribution in [1.29, 1.82) is 0 Å². The van der Waals surface area contributed by atoms with E-state index < -0.39 is 0 Å². The molecule has 0 aliphatic carbocycles. The minimum Gasteiger partial charge on any atom is -0.357 e. The number of nitrogens with zero attached hydrogens (tertiary/aromatic N) is 3. The fourth-order valence-corrected chi connectivity index (χ4v) is 3.64. The molecule has 0 bridgehead atoms. The topological polar surface area (TPSA) is 18.8 Å². The zero-order valence-electron chi connectivity index (χ0n) is 16.7.